The Bertz CT molecular complexity index is 466. The molecule has 0 bridgehead atoms. The number of carbonyl (C=O) groups excluding carboxylic acids is 2. The summed E-state index contributed by atoms with van der Waals surface area (Å²) < 4.78 is 4.69. The van der Waals surface area contributed by atoms with Crippen molar-refractivity contribution in [2.24, 2.45) is 5.73 Å². The summed E-state index contributed by atoms with van der Waals surface area (Å²) in [5, 5.41) is 9.48. The first-order valence-corrected chi connectivity index (χ1v) is 5.02. The normalized spacial score (nSPS) is 10.4. The van der Waals surface area contributed by atoms with Gasteiger partial charge in [-0.15, -0.1) is 0 Å². The quantitative estimate of drug-likeness (QED) is 0.603. The van der Waals surface area contributed by atoms with Crippen molar-refractivity contribution in [3.05, 3.63) is 35.4 Å². The summed E-state index contributed by atoms with van der Waals surface area (Å²) in [6, 6.07) is 4.30. The number of amides is 1. The average Bonchev–Trinajstić information content (AvgIpc) is 2.26. The van der Waals surface area contributed by atoms with E-state index in [9.17, 15) is 14.7 Å². The molecule has 0 aromatic heterocycles. The van der Waals surface area contributed by atoms with Gasteiger partial charge in [0.1, 0.15) is 5.75 Å². The molecule has 0 aliphatic heterocycles. The zero-order valence-corrected chi connectivity index (χ0v) is 9.34. The second kappa shape index (κ2) is 5.69. The van der Waals surface area contributed by atoms with Crippen molar-refractivity contribution in [2.75, 3.05) is 6.61 Å². The summed E-state index contributed by atoms with van der Waals surface area (Å²) in [4.78, 5) is 21.9. The Morgan fingerprint density at radius 1 is 1.47 bits per heavy atom. The summed E-state index contributed by atoms with van der Waals surface area (Å²) >= 11 is 0. The lowest BCUT2D eigenvalue weighted by atomic mass is 10.1. The molecule has 0 saturated carbocycles. The molecule has 1 rings (SSSR count). The third kappa shape index (κ3) is 3.64. The van der Waals surface area contributed by atoms with Crippen LogP contribution in [0.1, 0.15) is 22.8 Å². The fraction of sp³-hybridized carbons (Fsp3) is 0.167. The zero-order chi connectivity index (χ0) is 12.8. The molecule has 90 valence electrons. The SMILES string of the molecule is CCOC(=O)C=Cc1ccc(C(N)=O)c(O)c1. The van der Waals surface area contributed by atoms with Crippen LogP contribution in [0.15, 0.2) is 24.3 Å². The van der Waals surface area contributed by atoms with E-state index in [1.54, 1.807) is 13.0 Å². The molecule has 0 fully saturated rings. The van der Waals surface area contributed by atoms with Crippen LogP contribution in [0.2, 0.25) is 0 Å². The molecule has 5 nitrogen and oxygen atoms in total. The average molecular weight is 235 g/mol. The van der Waals surface area contributed by atoms with Crippen molar-refractivity contribution >= 4 is 18.0 Å². The number of rotatable bonds is 4. The van der Waals surface area contributed by atoms with E-state index in [4.69, 9.17) is 10.5 Å². The highest BCUT2D eigenvalue weighted by atomic mass is 16.5. The van der Waals surface area contributed by atoms with Crippen LogP contribution >= 0.6 is 0 Å². The van der Waals surface area contributed by atoms with Gasteiger partial charge in [0.15, 0.2) is 0 Å². The summed E-state index contributed by atoms with van der Waals surface area (Å²) in [6.07, 6.45) is 2.71. The first-order valence-electron chi connectivity index (χ1n) is 5.02. The van der Waals surface area contributed by atoms with Gasteiger partial charge in [0, 0.05) is 6.08 Å². The molecular formula is C12H13NO4. The number of hydrogen-bond acceptors (Lipinski definition) is 4. The van der Waals surface area contributed by atoms with Crippen LogP contribution in [0.4, 0.5) is 0 Å². The highest BCUT2D eigenvalue weighted by Crippen LogP contribution is 2.19. The first-order chi connectivity index (χ1) is 8.04. The Kier molecular flexibility index (Phi) is 4.28. The lowest BCUT2D eigenvalue weighted by Crippen LogP contribution is -2.10. The van der Waals surface area contributed by atoms with Gasteiger partial charge < -0.3 is 15.6 Å². The molecule has 0 aliphatic rings. The number of esters is 1. The van der Waals surface area contributed by atoms with Crippen molar-refractivity contribution in [2.45, 2.75) is 6.92 Å². The van der Waals surface area contributed by atoms with Gasteiger partial charge >= 0.3 is 5.97 Å². The van der Waals surface area contributed by atoms with E-state index >= 15 is 0 Å². The summed E-state index contributed by atoms with van der Waals surface area (Å²) in [6.45, 7) is 2.01. The lowest BCUT2D eigenvalue weighted by molar-refractivity contribution is -0.137. The molecule has 1 aromatic rings. The van der Waals surface area contributed by atoms with Gasteiger partial charge in [-0.25, -0.2) is 4.79 Å². The number of ether oxygens (including phenoxy) is 1. The molecule has 1 aromatic carbocycles. The van der Waals surface area contributed by atoms with Crippen LogP contribution in [0.3, 0.4) is 0 Å². The van der Waals surface area contributed by atoms with Crippen molar-refractivity contribution in [3.8, 4) is 5.75 Å². The predicted molar refractivity (Wildman–Crippen MR) is 62.3 cm³/mol. The Morgan fingerprint density at radius 2 is 2.18 bits per heavy atom. The van der Waals surface area contributed by atoms with E-state index in [-0.39, 0.29) is 11.3 Å². The van der Waals surface area contributed by atoms with Crippen LogP contribution < -0.4 is 5.73 Å². The molecule has 0 atom stereocenters. The third-order valence-electron chi connectivity index (χ3n) is 1.99. The summed E-state index contributed by atoms with van der Waals surface area (Å²) in [5.41, 5.74) is 5.65. The number of hydrogen-bond donors (Lipinski definition) is 2. The van der Waals surface area contributed by atoms with Crippen molar-refractivity contribution in [3.63, 3.8) is 0 Å². The monoisotopic (exact) mass is 235 g/mol. The van der Waals surface area contributed by atoms with E-state index in [0.29, 0.717) is 12.2 Å². The highest BCUT2D eigenvalue weighted by molar-refractivity contribution is 5.96. The molecule has 5 heteroatoms. The Morgan fingerprint density at radius 3 is 2.71 bits per heavy atom. The molecule has 0 spiro atoms. The number of nitrogens with two attached hydrogens (primary N) is 1. The topological polar surface area (TPSA) is 89.6 Å². The summed E-state index contributed by atoms with van der Waals surface area (Å²) in [7, 11) is 0. The maximum absolute atomic E-state index is 11.0. The fourth-order valence-electron chi connectivity index (χ4n) is 1.22. The first kappa shape index (κ1) is 12.8. The van der Waals surface area contributed by atoms with E-state index in [1.807, 2.05) is 0 Å². The van der Waals surface area contributed by atoms with Crippen molar-refractivity contribution in [1.82, 2.24) is 0 Å². The molecule has 0 aliphatic carbocycles. The minimum absolute atomic E-state index is 0.0401. The van der Waals surface area contributed by atoms with Crippen LogP contribution in [0.5, 0.6) is 5.75 Å². The van der Waals surface area contributed by atoms with E-state index in [2.05, 4.69) is 0 Å². The zero-order valence-electron chi connectivity index (χ0n) is 9.34. The van der Waals surface area contributed by atoms with Crippen LogP contribution in [0.25, 0.3) is 6.08 Å². The fourth-order valence-corrected chi connectivity index (χ4v) is 1.22. The molecule has 0 radical (unpaired) electrons. The lowest BCUT2D eigenvalue weighted by Gasteiger charge is -2.01. The van der Waals surface area contributed by atoms with Gasteiger partial charge in [0.05, 0.1) is 12.2 Å². The number of primary amides is 1. The minimum Gasteiger partial charge on any atom is -0.507 e. The van der Waals surface area contributed by atoms with E-state index in [0.717, 1.165) is 0 Å². The standard InChI is InChI=1S/C12H13NO4/c1-2-17-11(15)6-4-8-3-5-9(12(13)16)10(14)7-8/h3-7,14H,2H2,1H3,(H2,13,16). The van der Waals surface area contributed by atoms with Gasteiger partial charge in [-0.1, -0.05) is 6.07 Å². The predicted octanol–water partition coefficient (Wildman–Crippen LogP) is 1.07. The Labute approximate surface area is 98.5 Å². The van der Waals surface area contributed by atoms with Gasteiger partial charge in [-0.3, -0.25) is 4.79 Å². The van der Waals surface area contributed by atoms with Crippen molar-refractivity contribution in [1.29, 1.82) is 0 Å². The number of phenols is 1. The molecule has 17 heavy (non-hydrogen) atoms. The van der Waals surface area contributed by atoms with Crippen LogP contribution in [0, 0.1) is 0 Å². The Balaban J connectivity index is 2.84. The molecule has 0 heterocycles. The number of carbonyl (C=O) groups is 2. The maximum Gasteiger partial charge on any atom is 0.330 e. The Hall–Kier alpha value is -2.30. The number of benzene rings is 1. The van der Waals surface area contributed by atoms with E-state index < -0.39 is 11.9 Å². The molecule has 1 amide bonds. The number of aromatic hydroxyl groups is 1. The van der Waals surface area contributed by atoms with Gasteiger partial charge in [-0.05, 0) is 30.7 Å². The summed E-state index contributed by atoms with van der Waals surface area (Å²) in [5.74, 6) is -1.39. The molecule has 3 N–H and O–H groups in total. The van der Waals surface area contributed by atoms with Crippen molar-refractivity contribution < 1.29 is 19.4 Å². The third-order valence-corrected chi connectivity index (χ3v) is 1.99. The second-order valence-electron chi connectivity index (χ2n) is 3.23. The van der Waals surface area contributed by atoms with Crippen LogP contribution in [-0.4, -0.2) is 23.6 Å². The molecular weight excluding hydrogens is 222 g/mol. The molecule has 0 unspecified atom stereocenters. The smallest absolute Gasteiger partial charge is 0.330 e. The van der Waals surface area contributed by atoms with Crippen LogP contribution in [-0.2, 0) is 9.53 Å². The molecule has 0 saturated heterocycles. The van der Waals surface area contributed by atoms with Gasteiger partial charge in [0.2, 0.25) is 0 Å². The van der Waals surface area contributed by atoms with E-state index in [1.165, 1.54) is 24.3 Å². The van der Waals surface area contributed by atoms with Gasteiger partial charge in [-0.2, -0.15) is 0 Å². The van der Waals surface area contributed by atoms with Gasteiger partial charge in [0.25, 0.3) is 5.91 Å². The second-order valence-corrected chi connectivity index (χ2v) is 3.23. The maximum atomic E-state index is 11.0. The highest BCUT2D eigenvalue weighted by Gasteiger charge is 2.06. The largest absolute Gasteiger partial charge is 0.507 e. The minimum atomic E-state index is -0.705.